The Bertz CT molecular complexity index is 72.5. The summed E-state index contributed by atoms with van der Waals surface area (Å²) >= 11 is 4.64. The highest BCUT2D eigenvalue weighted by atomic mass is 32.1. The number of hydrogen-bond acceptors (Lipinski definition) is 1. The Kier molecular flexibility index (Phi) is 2.47. The molecule has 45 valence electrons. The summed E-state index contributed by atoms with van der Waals surface area (Å²) in [6.07, 6.45) is 6.67. The van der Waals surface area contributed by atoms with Gasteiger partial charge >= 0.3 is 0 Å². The maximum atomic E-state index is 4.64. The molecule has 0 aliphatic heterocycles. The molecule has 0 atom stereocenters. The van der Waals surface area contributed by atoms with Crippen molar-refractivity contribution in [3.8, 4) is 0 Å². The van der Waals surface area contributed by atoms with E-state index in [4.69, 9.17) is 0 Å². The molecule has 1 rings (SSSR count). The van der Waals surface area contributed by atoms with E-state index in [1.165, 1.54) is 25.7 Å². The van der Waals surface area contributed by atoms with Crippen LogP contribution in [0.25, 0.3) is 0 Å². The van der Waals surface area contributed by atoms with Crippen molar-refractivity contribution in [2.24, 2.45) is 5.92 Å². The van der Waals surface area contributed by atoms with Gasteiger partial charge < -0.3 is 0 Å². The Morgan fingerprint density at radius 1 is 1.38 bits per heavy atom. The zero-order chi connectivity index (χ0) is 5.82. The Hall–Kier alpha value is 0.0900. The van der Waals surface area contributed by atoms with Gasteiger partial charge in [-0.05, 0) is 12.3 Å². The molecule has 0 spiro atoms. The van der Waals surface area contributed by atoms with Crippen LogP contribution in [0.3, 0.4) is 0 Å². The molecule has 0 N–H and O–H groups in total. The SMILES string of the molecule is S=[C]CC1CCCC1. The summed E-state index contributed by atoms with van der Waals surface area (Å²) in [6, 6.07) is 0. The highest BCUT2D eigenvalue weighted by Crippen LogP contribution is 2.26. The molecule has 8 heavy (non-hydrogen) atoms. The van der Waals surface area contributed by atoms with E-state index in [1.54, 1.807) is 0 Å². The molecule has 0 amide bonds. The van der Waals surface area contributed by atoms with Gasteiger partial charge in [-0.2, -0.15) is 0 Å². The van der Waals surface area contributed by atoms with Gasteiger partial charge in [0.15, 0.2) is 0 Å². The minimum Gasteiger partial charge on any atom is -0.0837 e. The first-order chi connectivity index (χ1) is 3.93. The van der Waals surface area contributed by atoms with E-state index in [9.17, 15) is 0 Å². The Morgan fingerprint density at radius 2 is 2.00 bits per heavy atom. The van der Waals surface area contributed by atoms with E-state index < -0.39 is 0 Å². The van der Waals surface area contributed by atoms with Crippen LogP contribution in [0.2, 0.25) is 0 Å². The predicted molar refractivity (Wildman–Crippen MR) is 39.2 cm³/mol. The first-order valence-corrected chi connectivity index (χ1v) is 3.69. The lowest BCUT2D eigenvalue weighted by Crippen LogP contribution is -1.90. The molecule has 1 radical (unpaired) electrons. The molecule has 0 saturated heterocycles. The predicted octanol–water partition coefficient (Wildman–Crippen LogP) is 2.44. The number of hydrogen-bond donors (Lipinski definition) is 0. The molecule has 0 aromatic carbocycles. The molecule has 1 saturated carbocycles. The van der Waals surface area contributed by atoms with Crippen molar-refractivity contribution in [3.05, 3.63) is 0 Å². The molecule has 1 fully saturated rings. The van der Waals surface area contributed by atoms with Gasteiger partial charge in [-0.1, -0.05) is 37.9 Å². The first-order valence-electron chi connectivity index (χ1n) is 3.28. The summed E-state index contributed by atoms with van der Waals surface area (Å²) in [5.74, 6) is 0.896. The average Bonchev–Trinajstić information content (AvgIpc) is 2.19. The zero-order valence-corrected chi connectivity index (χ0v) is 5.84. The van der Waals surface area contributed by atoms with E-state index in [0.717, 1.165) is 12.3 Å². The van der Waals surface area contributed by atoms with Crippen molar-refractivity contribution in [1.29, 1.82) is 0 Å². The van der Waals surface area contributed by atoms with Crippen molar-refractivity contribution >= 4 is 17.6 Å². The molecular formula is C7H11S. The quantitative estimate of drug-likeness (QED) is 0.513. The molecule has 1 aliphatic rings. The summed E-state index contributed by atoms with van der Waals surface area (Å²) < 4.78 is 0. The van der Waals surface area contributed by atoms with E-state index >= 15 is 0 Å². The van der Waals surface area contributed by atoms with E-state index in [1.807, 2.05) is 0 Å². The maximum Gasteiger partial charge on any atom is 0.0294 e. The second-order valence-electron chi connectivity index (χ2n) is 2.50. The van der Waals surface area contributed by atoms with E-state index in [-0.39, 0.29) is 0 Å². The van der Waals surface area contributed by atoms with Crippen LogP contribution in [-0.4, -0.2) is 5.37 Å². The fraction of sp³-hybridized carbons (Fsp3) is 0.857. The summed E-state index contributed by atoms with van der Waals surface area (Å²) in [6.45, 7) is 0. The minimum atomic E-state index is 0.896. The second kappa shape index (κ2) is 3.18. The van der Waals surface area contributed by atoms with Crippen LogP contribution in [0, 0.1) is 5.92 Å². The molecule has 0 heterocycles. The van der Waals surface area contributed by atoms with Gasteiger partial charge in [-0.25, -0.2) is 0 Å². The molecule has 0 aromatic heterocycles. The van der Waals surface area contributed by atoms with Crippen LogP contribution in [-0.2, 0) is 0 Å². The van der Waals surface area contributed by atoms with Crippen molar-refractivity contribution in [2.45, 2.75) is 32.1 Å². The zero-order valence-electron chi connectivity index (χ0n) is 5.02. The van der Waals surface area contributed by atoms with Gasteiger partial charge in [0, 0.05) is 5.37 Å². The fourth-order valence-corrected chi connectivity index (χ4v) is 1.57. The smallest absolute Gasteiger partial charge is 0.0294 e. The van der Waals surface area contributed by atoms with Gasteiger partial charge in [0.05, 0.1) is 0 Å². The van der Waals surface area contributed by atoms with Gasteiger partial charge in [0.25, 0.3) is 0 Å². The van der Waals surface area contributed by atoms with Crippen LogP contribution in [0.15, 0.2) is 0 Å². The van der Waals surface area contributed by atoms with Crippen LogP contribution in [0.1, 0.15) is 32.1 Å². The molecule has 0 unspecified atom stereocenters. The Labute approximate surface area is 56.3 Å². The summed E-state index contributed by atoms with van der Waals surface area (Å²) in [7, 11) is 0. The third-order valence-corrected chi connectivity index (χ3v) is 2.01. The highest BCUT2D eigenvalue weighted by Gasteiger charge is 2.12. The lowest BCUT2D eigenvalue weighted by Gasteiger charge is -1.99. The molecule has 0 bridgehead atoms. The van der Waals surface area contributed by atoms with Gasteiger partial charge in [0.1, 0.15) is 0 Å². The second-order valence-corrected chi connectivity index (χ2v) is 2.79. The molecular weight excluding hydrogens is 116 g/mol. The Balaban J connectivity index is 2.14. The monoisotopic (exact) mass is 127 g/mol. The third kappa shape index (κ3) is 1.55. The highest BCUT2D eigenvalue weighted by molar-refractivity contribution is 7.78. The topological polar surface area (TPSA) is 0 Å². The molecule has 0 aromatic rings. The normalized spacial score (nSPS) is 21.5. The van der Waals surface area contributed by atoms with Crippen molar-refractivity contribution in [3.63, 3.8) is 0 Å². The maximum absolute atomic E-state index is 4.64. The van der Waals surface area contributed by atoms with Crippen molar-refractivity contribution in [2.75, 3.05) is 0 Å². The van der Waals surface area contributed by atoms with Crippen LogP contribution >= 0.6 is 12.2 Å². The number of thiocarbonyl (C=S) groups is 1. The molecule has 1 aliphatic carbocycles. The van der Waals surface area contributed by atoms with Gasteiger partial charge in [-0.3, -0.25) is 0 Å². The Morgan fingerprint density at radius 3 is 2.50 bits per heavy atom. The van der Waals surface area contributed by atoms with Gasteiger partial charge in [-0.15, -0.1) is 0 Å². The third-order valence-electron chi connectivity index (χ3n) is 1.85. The van der Waals surface area contributed by atoms with E-state index in [2.05, 4.69) is 17.6 Å². The van der Waals surface area contributed by atoms with Crippen molar-refractivity contribution in [1.82, 2.24) is 0 Å². The summed E-state index contributed by atoms with van der Waals surface area (Å²) in [5.41, 5.74) is 0. The average molecular weight is 127 g/mol. The summed E-state index contributed by atoms with van der Waals surface area (Å²) in [4.78, 5) is 0. The molecule has 0 nitrogen and oxygen atoms in total. The minimum absolute atomic E-state index is 0.896. The molecule has 1 heteroatoms. The number of rotatable bonds is 2. The van der Waals surface area contributed by atoms with Crippen molar-refractivity contribution < 1.29 is 0 Å². The van der Waals surface area contributed by atoms with Crippen LogP contribution < -0.4 is 0 Å². The lowest BCUT2D eigenvalue weighted by atomic mass is 10.1. The van der Waals surface area contributed by atoms with E-state index in [0.29, 0.717) is 0 Å². The van der Waals surface area contributed by atoms with Crippen LogP contribution in [0.5, 0.6) is 0 Å². The summed E-state index contributed by atoms with van der Waals surface area (Å²) in [5, 5.41) is 2.79. The standard InChI is InChI=1S/C7H11S/c8-6-5-7-3-1-2-4-7/h7H,1-5H2. The van der Waals surface area contributed by atoms with Crippen LogP contribution in [0.4, 0.5) is 0 Å². The fourth-order valence-electron chi connectivity index (χ4n) is 1.33. The lowest BCUT2D eigenvalue weighted by molar-refractivity contribution is 0.580. The first kappa shape index (κ1) is 6.21. The van der Waals surface area contributed by atoms with Gasteiger partial charge in [0.2, 0.25) is 0 Å². The largest absolute Gasteiger partial charge is 0.0837 e.